The van der Waals surface area contributed by atoms with Gasteiger partial charge in [0.25, 0.3) is 5.91 Å². The molecule has 1 aromatic heterocycles. The molecule has 0 saturated carbocycles. The number of carbonyl (C=O) groups is 2. The monoisotopic (exact) mass is 308 g/mol. The van der Waals surface area contributed by atoms with E-state index < -0.39 is 0 Å². The highest BCUT2D eigenvalue weighted by atomic mass is 32.1. The SMILES string of the molecule is CCN(CC)C(=O)CN(C)C(=O)c1ccc(C(N)=S)cn1. The molecule has 1 rings (SSSR count). The summed E-state index contributed by atoms with van der Waals surface area (Å²) in [6.45, 7) is 5.08. The molecule has 0 unspecified atom stereocenters. The Kier molecular flexibility index (Phi) is 6.23. The smallest absolute Gasteiger partial charge is 0.272 e. The van der Waals surface area contributed by atoms with Gasteiger partial charge in [0, 0.05) is 31.9 Å². The summed E-state index contributed by atoms with van der Waals surface area (Å²) < 4.78 is 0. The Hall–Kier alpha value is -2.02. The van der Waals surface area contributed by atoms with Gasteiger partial charge in [0.15, 0.2) is 0 Å². The number of hydrogen-bond acceptors (Lipinski definition) is 4. The average molecular weight is 308 g/mol. The zero-order valence-corrected chi connectivity index (χ0v) is 13.3. The van der Waals surface area contributed by atoms with Crippen molar-refractivity contribution >= 4 is 29.0 Å². The Labute approximate surface area is 129 Å². The molecular formula is C14H20N4O2S. The molecule has 0 aliphatic rings. The molecule has 0 bridgehead atoms. The Bertz CT molecular complexity index is 526. The molecule has 7 heteroatoms. The molecule has 0 atom stereocenters. The minimum absolute atomic E-state index is 0.0270. The maximum absolute atomic E-state index is 12.2. The number of likely N-dealkylation sites (N-methyl/N-ethyl adjacent to an activating group) is 2. The van der Waals surface area contributed by atoms with Crippen LogP contribution in [0, 0.1) is 0 Å². The highest BCUT2D eigenvalue weighted by Crippen LogP contribution is 2.04. The number of pyridine rings is 1. The van der Waals surface area contributed by atoms with E-state index in [0.717, 1.165) is 0 Å². The van der Waals surface area contributed by atoms with Crippen molar-refractivity contribution in [1.82, 2.24) is 14.8 Å². The molecule has 0 aromatic carbocycles. The number of thiocarbonyl (C=S) groups is 1. The van der Waals surface area contributed by atoms with Gasteiger partial charge in [-0.2, -0.15) is 0 Å². The van der Waals surface area contributed by atoms with Crippen molar-refractivity contribution in [3.8, 4) is 0 Å². The second-order valence-electron chi connectivity index (χ2n) is 4.52. The van der Waals surface area contributed by atoms with Crippen LogP contribution in [0.25, 0.3) is 0 Å². The molecule has 6 nitrogen and oxygen atoms in total. The number of hydrogen-bond donors (Lipinski definition) is 1. The number of nitrogens with zero attached hydrogens (tertiary/aromatic N) is 3. The molecule has 0 radical (unpaired) electrons. The van der Waals surface area contributed by atoms with E-state index in [-0.39, 0.29) is 29.0 Å². The molecule has 21 heavy (non-hydrogen) atoms. The Balaban J connectivity index is 2.74. The summed E-state index contributed by atoms with van der Waals surface area (Å²) >= 11 is 4.83. The summed E-state index contributed by atoms with van der Waals surface area (Å²) in [5.41, 5.74) is 6.33. The van der Waals surface area contributed by atoms with Crippen LogP contribution in [0.4, 0.5) is 0 Å². The fraction of sp³-hybridized carbons (Fsp3) is 0.429. The third kappa shape index (κ3) is 4.49. The van der Waals surface area contributed by atoms with Gasteiger partial charge in [0.2, 0.25) is 5.91 Å². The molecule has 2 N–H and O–H groups in total. The number of rotatable bonds is 6. The van der Waals surface area contributed by atoms with Gasteiger partial charge in [-0.05, 0) is 26.0 Å². The lowest BCUT2D eigenvalue weighted by molar-refractivity contribution is -0.131. The van der Waals surface area contributed by atoms with Crippen molar-refractivity contribution in [2.24, 2.45) is 5.73 Å². The lowest BCUT2D eigenvalue weighted by Crippen LogP contribution is -2.41. The van der Waals surface area contributed by atoms with Crippen molar-refractivity contribution < 1.29 is 9.59 Å². The zero-order valence-electron chi connectivity index (χ0n) is 12.5. The van der Waals surface area contributed by atoms with Crippen molar-refractivity contribution in [3.63, 3.8) is 0 Å². The minimum atomic E-state index is -0.315. The van der Waals surface area contributed by atoms with Crippen LogP contribution in [-0.2, 0) is 4.79 Å². The van der Waals surface area contributed by atoms with Crippen LogP contribution in [0.5, 0.6) is 0 Å². The number of nitrogens with two attached hydrogens (primary N) is 1. The first kappa shape index (κ1) is 17.0. The normalized spacial score (nSPS) is 10.0. The van der Waals surface area contributed by atoms with Crippen molar-refractivity contribution in [2.75, 3.05) is 26.7 Å². The molecule has 0 aliphatic carbocycles. The summed E-state index contributed by atoms with van der Waals surface area (Å²) in [4.78, 5) is 31.4. The molecule has 2 amide bonds. The van der Waals surface area contributed by atoms with E-state index in [4.69, 9.17) is 18.0 Å². The lowest BCUT2D eigenvalue weighted by atomic mass is 10.2. The Morgan fingerprint density at radius 2 is 1.90 bits per heavy atom. The first-order valence-corrected chi connectivity index (χ1v) is 7.10. The molecule has 114 valence electrons. The van der Waals surface area contributed by atoms with Crippen LogP contribution in [-0.4, -0.2) is 58.3 Å². The van der Waals surface area contributed by atoms with Crippen LogP contribution >= 0.6 is 12.2 Å². The van der Waals surface area contributed by atoms with E-state index in [9.17, 15) is 9.59 Å². The topological polar surface area (TPSA) is 79.5 Å². The second kappa shape index (κ2) is 7.68. The third-order valence-corrected chi connectivity index (χ3v) is 3.34. The third-order valence-electron chi connectivity index (χ3n) is 3.10. The first-order chi connectivity index (χ1) is 9.90. The Morgan fingerprint density at radius 3 is 2.33 bits per heavy atom. The molecule has 0 fully saturated rings. The van der Waals surface area contributed by atoms with Crippen LogP contribution < -0.4 is 5.73 Å². The van der Waals surface area contributed by atoms with Crippen LogP contribution in [0.3, 0.4) is 0 Å². The molecule has 0 spiro atoms. The standard InChI is InChI=1S/C14H20N4O2S/c1-4-18(5-2)12(19)9-17(3)14(20)11-7-6-10(8-16-11)13(15)21/h6-8H,4-5,9H2,1-3H3,(H2,15,21). The van der Waals surface area contributed by atoms with Gasteiger partial charge in [-0.25, -0.2) is 0 Å². The van der Waals surface area contributed by atoms with E-state index >= 15 is 0 Å². The summed E-state index contributed by atoms with van der Waals surface area (Å²) in [6, 6.07) is 3.19. The summed E-state index contributed by atoms with van der Waals surface area (Å²) in [6.07, 6.45) is 1.45. The second-order valence-corrected chi connectivity index (χ2v) is 4.96. The largest absolute Gasteiger partial charge is 0.389 e. The van der Waals surface area contributed by atoms with Gasteiger partial charge in [-0.3, -0.25) is 14.6 Å². The van der Waals surface area contributed by atoms with Gasteiger partial charge in [0.05, 0.1) is 6.54 Å². The fourth-order valence-corrected chi connectivity index (χ4v) is 1.93. The van der Waals surface area contributed by atoms with Crippen molar-refractivity contribution in [1.29, 1.82) is 0 Å². The van der Waals surface area contributed by atoms with Gasteiger partial charge < -0.3 is 15.5 Å². The molecule has 0 saturated heterocycles. The van der Waals surface area contributed by atoms with Gasteiger partial charge in [0.1, 0.15) is 10.7 Å². The quantitative estimate of drug-likeness (QED) is 0.781. The van der Waals surface area contributed by atoms with Crippen LogP contribution in [0.2, 0.25) is 0 Å². The number of carbonyl (C=O) groups excluding carboxylic acids is 2. The van der Waals surface area contributed by atoms with E-state index in [2.05, 4.69) is 4.98 Å². The highest BCUT2D eigenvalue weighted by molar-refractivity contribution is 7.80. The van der Waals surface area contributed by atoms with Crippen LogP contribution in [0.15, 0.2) is 18.3 Å². The van der Waals surface area contributed by atoms with Gasteiger partial charge in [-0.15, -0.1) is 0 Å². The Morgan fingerprint density at radius 1 is 1.29 bits per heavy atom. The molecule has 1 heterocycles. The van der Waals surface area contributed by atoms with Gasteiger partial charge >= 0.3 is 0 Å². The van der Waals surface area contributed by atoms with Crippen LogP contribution in [0.1, 0.15) is 29.9 Å². The van der Waals surface area contributed by atoms with E-state index in [1.54, 1.807) is 24.1 Å². The maximum atomic E-state index is 12.2. The number of aromatic nitrogens is 1. The molecular weight excluding hydrogens is 288 g/mol. The fourth-order valence-electron chi connectivity index (χ4n) is 1.81. The lowest BCUT2D eigenvalue weighted by Gasteiger charge is -2.23. The molecule has 0 aliphatic heterocycles. The van der Waals surface area contributed by atoms with Crippen molar-refractivity contribution in [2.45, 2.75) is 13.8 Å². The summed E-state index contributed by atoms with van der Waals surface area (Å²) in [5, 5.41) is 0. The van der Waals surface area contributed by atoms with E-state index in [1.165, 1.54) is 11.1 Å². The van der Waals surface area contributed by atoms with Crippen molar-refractivity contribution in [3.05, 3.63) is 29.6 Å². The summed E-state index contributed by atoms with van der Waals surface area (Å²) in [7, 11) is 1.58. The molecule has 1 aromatic rings. The first-order valence-electron chi connectivity index (χ1n) is 6.69. The maximum Gasteiger partial charge on any atom is 0.272 e. The highest BCUT2D eigenvalue weighted by Gasteiger charge is 2.18. The average Bonchev–Trinajstić information content (AvgIpc) is 2.47. The predicted molar refractivity (Wildman–Crippen MR) is 85.0 cm³/mol. The predicted octanol–water partition coefficient (Wildman–Crippen LogP) is 0.656. The number of amides is 2. The van der Waals surface area contributed by atoms with E-state index in [1.807, 2.05) is 13.8 Å². The van der Waals surface area contributed by atoms with E-state index in [0.29, 0.717) is 18.7 Å². The van der Waals surface area contributed by atoms with Gasteiger partial charge in [-0.1, -0.05) is 12.2 Å². The minimum Gasteiger partial charge on any atom is -0.389 e. The zero-order chi connectivity index (χ0) is 16.0. The summed E-state index contributed by atoms with van der Waals surface area (Å²) in [5.74, 6) is -0.402.